The summed E-state index contributed by atoms with van der Waals surface area (Å²) in [6, 6.07) is 9.73. The minimum absolute atomic E-state index is 0.265. The molecule has 170 valence electrons. The van der Waals surface area contributed by atoms with Crippen molar-refractivity contribution in [3.63, 3.8) is 0 Å². The molecule has 6 rings (SSSR count). The molecule has 0 radical (unpaired) electrons. The van der Waals surface area contributed by atoms with Crippen molar-refractivity contribution in [2.45, 2.75) is 6.61 Å². The van der Waals surface area contributed by atoms with Gasteiger partial charge in [0.05, 0.1) is 17.1 Å². The first kappa shape index (κ1) is 20.0. The zero-order chi connectivity index (χ0) is 23.1. The molecule has 4 N–H and O–H groups in total. The quantitative estimate of drug-likeness (QED) is 0.347. The third-order valence-electron chi connectivity index (χ3n) is 5.60. The van der Waals surface area contributed by atoms with Crippen LogP contribution >= 0.6 is 0 Å². The van der Waals surface area contributed by atoms with E-state index in [-0.39, 0.29) is 6.61 Å². The van der Waals surface area contributed by atoms with Gasteiger partial charge in [-0.25, -0.2) is 4.98 Å². The Bertz CT molecular complexity index is 1530. The number of nitrogens with one attached hydrogen (secondary N) is 2. The molecule has 0 saturated heterocycles. The summed E-state index contributed by atoms with van der Waals surface area (Å²) in [7, 11) is 1.77. The Kier molecular flexibility index (Phi) is 4.76. The van der Waals surface area contributed by atoms with E-state index in [0.717, 1.165) is 33.0 Å². The van der Waals surface area contributed by atoms with E-state index < -0.39 is 0 Å². The lowest BCUT2D eigenvalue weighted by Gasteiger charge is -2.11. The van der Waals surface area contributed by atoms with Crippen LogP contribution in [0.3, 0.4) is 0 Å². The number of nitrogen functional groups attached to an aromatic ring is 1. The van der Waals surface area contributed by atoms with E-state index in [2.05, 4.69) is 30.2 Å². The van der Waals surface area contributed by atoms with Crippen molar-refractivity contribution in [2.24, 2.45) is 0 Å². The maximum Gasteiger partial charge on any atom is 0.228 e. The number of benzene rings is 1. The Morgan fingerprint density at radius 2 is 1.91 bits per heavy atom. The number of nitrogens with two attached hydrogens (primary N) is 1. The molecular weight excluding hydrogens is 434 g/mol. The second-order valence-corrected chi connectivity index (χ2v) is 7.82. The van der Waals surface area contributed by atoms with Crippen LogP contribution in [-0.4, -0.2) is 45.2 Å². The minimum Gasteiger partial charge on any atom is -0.488 e. The van der Waals surface area contributed by atoms with Gasteiger partial charge in [-0.05, 0) is 29.8 Å². The summed E-state index contributed by atoms with van der Waals surface area (Å²) < 4.78 is 17.9. The molecule has 0 spiro atoms. The Morgan fingerprint density at radius 1 is 1.00 bits per heavy atom. The summed E-state index contributed by atoms with van der Waals surface area (Å²) in [4.78, 5) is 21.1. The molecule has 0 fully saturated rings. The minimum atomic E-state index is 0.265. The Labute approximate surface area is 194 Å². The first-order chi connectivity index (χ1) is 16.7. The maximum atomic E-state index is 6.18. The highest BCUT2D eigenvalue weighted by Gasteiger charge is 2.18. The number of anilines is 2. The largest absolute Gasteiger partial charge is 0.488 e. The van der Waals surface area contributed by atoms with Gasteiger partial charge in [-0.1, -0.05) is 6.07 Å². The van der Waals surface area contributed by atoms with Crippen LogP contribution in [0.25, 0.3) is 33.1 Å². The van der Waals surface area contributed by atoms with Gasteiger partial charge in [-0.3, -0.25) is 4.98 Å². The van der Waals surface area contributed by atoms with E-state index in [1.807, 2.05) is 36.5 Å². The zero-order valence-electron chi connectivity index (χ0n) is 18.3. The second-order valence-electron chi connectivity index (χ2n) is 7.82. The first-order valence-corrected chi connectivity index (χ1v) is 10.8. The number of ether oxygens (including phenoxy) is 3. The predicted molar refractivity (Wildman–Crippen MR) is 128 cm³/mol. The van der Waals surface area contributed by atoms with Crippen LogP contribution < -0.4 is 25.3 Å². The van der Waals surface area contributed by atoms with Crippen LogP contribution in [0, 0.1) is 0 Å². The monoisotopic (exact) mass is 455 g/mol. The Hall–Kier alpha value is -4.60. The van der Waals surface area contributed by atoms with Gasteiger partial charge in [-0.15, -0.1) is 0 Å². The van der Waals surface area contributed by atoms with Gasteiger partial charge >= 0.3 is 0 Å². The molecular formula is C24H21N7O3. The van der Waals surface area contributed by atoms with E-state index in [1.165, 1.54) is 0 Å². The fraction of sp³-hybridized carbons (Fsp3) is 0.167. The third kappa shape index (κ3) is 3.54. The standard InChI is InChI=1S/C24H21N7O3/c1-26-24-30-22-20-17(11-28-22)14-2-3-18-15(7-14)8-19(21(25)29-18)33-5-4-32-16-6-13(9-27-10-16)12-34-23(20)31-24/h2-3,6-11H,4-5,12H2,1H3,(H2,25,29)(H2,26,28,30,31). The van der Waals surface area contributed by atoms with E-state index in [0.29, 0.717) is 48.0 Å². The number of aromatic nitrogens is 5. The molecule has 5 aromatic rings. The van der Waals surface area contributed by atoms with Gasteiger partial charge in [-0.2, -0.15) is 9.97 Å². The average molecular weight is 455 g/mol. The molecule has 5 bridgehead atoms. The SMILES string of the molecule is CNc1nc2c3c(c[nH]c3n1)-c1ccc3nc(N)c(cc3c1)OCCOc1cncc(c1)CO2. The van der Waals surface area contributed by atoms with Gasteiger partial charge in [0.2, 0.25) is 11.8 Å². The van der Waals surface area contributed by atoms with Gasteiger partial charge in [0, 0.05) is 36.0 Å². The van der Waals surface area contributed by atoms with Crippen molar-refractivity contribution in [3.8, 4) is 28.5 Å². The van der Waals surface area contributed by atoms with Crippen LogP contribution in [-0.2, 0) is 6.61 Å². The van der Waals surface area contributed by atoms with Gasteiger partial charge in [0.25, 0.3) is 0 Å². The molecule has 0 aliphatic carbocycles. The number of nitrogens with zero attached hydrogens (tertiary/aromatic N) is 4. The lowest BCUT2D eigenvalue weighted by atomic mass is 10.0. The topological polar surface area (TPSA) is 133 Å². The maximum absolute atomic E-state index is 6.18. The van der Waals surface area contributed by atoms with Gasteiger partial charge < -0.3 is 30.2 Å². The number of H-pyrrole nitrogens is 1. The van der Waals surface area contributed by atoms with Crippen molar-refractivity contribution in [2.75, 3.05) is 31.3 Å². The fourth-order valence-electron chi connectivity index (χ4n) is 3.98. The molecule has 4 aromatic heterocycles. The first-order valence-electron chi connectivity index (χ1n) is 10.8. The highest BCUT2D eigenvalue weighted by Crippen LogP contribution is 2.36. The predicted octanol–water partition coefficient (Wildman–Crippen LogP) is 3.54. The van der Waals surface area contributed by atoms with E-state index in [4.69, 9.17) is 19.9 Å². The highest BCUT2D eigenvalue weighted by molar-refractivity contribution is 5.99. The summed E-state index contributed by atoms with van der Waals surface area (Å²) >= 11 is 0. The molecule has 0 amide bonds. The van der Waals surface area contributed by atoms with E-state index in [9.17, 15) is 0 Å². The molecule has 10 nitrogen and oxygen atoms in total. The zero-order valence-corrected chi connectivity index (χ0v) is 18.3. The molecule has 5 heterocycles. The van der Waals surface area contributed by atoms with Crippen LogP contribution in [0.4, 0.5) is 11.8 Å². The van der Waals surface area contributed by atoms with Crippen molar-refractivity contribution < 1.29 is 14.2 Å². The molecule has 1 aromatic carbocycles. The Balaban J connectivity index is 1.55. The molecule has 10 heteroatoms. The summed E-state index contributed by atoms with van der Waals surface area (Å²) in [5.41, 5.74) is 10.3. The number of rotatable bonds is 1. The van der Waals surface area contributed by atoms with Crippen molar-refractivity contribution in [1.82, 2.24) is 24.9 Å². The second kappa shape index (κ2) is 8.07. The third-order valence-corrected chi connectivity index (χ3v) is 5.60. The number of aromatic amines is 1. The number of hydrogen-bond donors (Lipinski definition) is 3. The van der Waals surface area contributed by atoms with E-state index in [1.54, 1.807) is 19.4 Å². The van der Waals surface area contributed by atoms with Crippen LogP contribution in [0.5, 0.6) is 17.4 Å². The van der Waals surface area contributed by atoms with Crippen molar-refractivity contribution >= 4 is 33.7 Å². The normalized spacial score (nSPS) is 13.3. The van der Waals surface area contributed by atoms with Crippen molar-refractivity contribution in [1.29, 1.82) is 0 Å². The lowest BCUT2D eigenvalue weighted by Crippen LogP contribution is -2.11. The van der Waals surface area contributed by atoms with Gasteiger partial charge in [0.1, 0.15) is 31.2 Å². The molecule has 1 aliphatic rings. The van der Waals surface area contributed by atoms with Crippen LogP contribution in [0.2, 0.25) is 0 Å². The van der Waals surface area contributed by atoms with Crippen LogP contribution in [0.15, 0.2) is 48.9 Å². The molecule has 0 unspecified atom stereocenters. The smallest absolute Gasteiger partial charge is 0.228 e. The number of fused-ring (bicyclic) bond motifs is 5. The summed E-state index contributed by atoms with van der Waals surface area (Å²) in [6.07, 6.45) is 5.29. The van der Waals surface area contributed by atoms with Gasteiger partial charge in [0.15, 0.2) is 11.6 Å². The van der Waals surface area contributed by atoms with Crippen molar-refractivity contribution in [3.05, 3.63) is 54.5 Å². The lowest BCUT2D eigenvalue weighted by molar-refractivity contribution is 0.216. The summed E-state index contributed by atoms with van der Waals surface area (Å²) in [6.45, 7) is 0.901. The average Bonchev–Trinajstić information content (AvgIpc) is 3.29. The fourth-order valence-corrected chi connectivity index (χ4v) is 3.98. The molecule has 0 saturated carbocycles. The summed E-state index contributed by atoms with van der Waals surface area (Å²) in [5, 5.41) is 4.66. The molecule has 1 aliphatic heterocycles. The van der Waals surface area contributed by atoms with Crippen LogP contribution in [0.1, 0.15) is 5.56 Å². The number of pyridine rings is 2. The summed E-state index contributed by atoms with van der Waals surface area (Å²) in [5.74, 6) is 2.37. The number of hydrogen-bond acceptors (Lipinski definition) is 9. The molecule has 0 atom stereocenters. The Morgan fingerprint density at radius 3 is 2.82 bits per heavy atom. The highest BCUT2D eigenvalue weighted by atomic mass is 16.5. The molecule has 34 heavy (non-hydrogen) atoms. The van der Waals surface area contributed by atoms with E-state index >= 15 is 0 Å².